The molecule has 18 heavy (non-hydrogen) atoms. The first-order valence-electron chi connectivity index (χ1n) is 6.69. The second-order valence-corrected chi connectivity index (χ2v) is 5.11. The average molecular weight is 251 g/mol. The van der Waals surface area contributed by atoms with Gasteiger partial charge in [-0.25, -0.2) is 0 Å². The van der Waals surface area contributed by atoms with Crippen LogP contribution in [-0.4, -0.2) is 29.0 Å². The van der Waals surface area contributed by atoms with Crippen LogP contribution in [0.5, 0.6) is 0 Å². The van der Waals surface area contributed by atoms with E-state index in [-0.39, 0.29) is 24.8 Å². The van der Waals surface area contributed by atoms with E-state index in [1.807, 2.05) is 37.3 Å². The van der Waals surface area contributed by atoms with E-state index in [0.29, 0.717) is 0 Å². The van der Waals surface area contributed by atoms with Gasteiger partial charge in [-0.15, -0.1) is 0 Å². The fourth-order valence-corrected chi connectivity index (χ4v) is 2.10. The molecule has 2 unspecified atom stereocenters. The van der Waals surface area contributed by atoms with Crippen LogP contribution in [0.15, 0.2) is 30.3 Å². The molecule has 1 rings (SSSR count). The molecule has 3 nitrogen and oxygen atoms in total. The monoisotopic (exact) mass is 251 g/mol. The molecule has 0 bridgehead atoms. The van der Waals surface area contributed by atoms with Crippen molar-refractivity contribution in [2.24, 2.45) is 0 Å². The topological polar surface area (TPSA) is 52.5 Å². The molecule has 0 fully saturated rings. The number of unbranched alkanes of at least 4 members (excludes halogenated alkanes) is 1. The molecule has 3 N–H and O–H groups in total. The van der Waals surface area contributed by atoms with Crippen molar-refractivity contribution >= 4 is 0 Å². The van der Waals surface area contributed by atoms with Gasteiger partial charge in [0.15, 0.2) is 0 Å². The molecule has 102 valence electrons. The second kappa shape index (κ2) is 7.52. The summed E-state index contributed by atoms with van der Waals surface area (Å²) in [6.45, 7) is 4.26. The highest BCUT2D eigenvalue weighted by molar-refractivity contribution is 5.19. The van der Waals surface area contributed by atoms with Crippen molar-refractivity contribution in [3.8, 4) is 0 Å². The highest BCUT2D eigenvalue weighted by Crippen LogP contribution is 2.20. The lowest BCUT2D eigenvalue weighted by Gasteiger charge is -2.33. The van der Waals surface area contributed by atoms with Gasteiger partial charge in [-0.3, -0.25) is 0 Å². The summed E-state index contributed by atoms with van der Waals surface area (Å²) in [6, 6.07) is 9.74. The largest absolute Gasteiger partial charge is 0.394 e. The van der Waals surface area contributed by atoms with Gasteiger partial charge in [0.2, 0.25) is 0 Å². The molecule has 0 radical (unpaired) electrons. The number of rotatable bonds is 8. The Kier molecular flexibility index (Phi) is 6.33. The van der Waals surface area contributed by atoms with Crippen molar-refractivity contribution < 1.29 is 10.2 Å². The molecule has 0 saturated carbocycles. The van der Waals surface area contributed by atoms with Crippen LogP contribution in [0.2, 0.25) is 0 Å². The summed E-state index contributed by atoms with van der Waals surface area (Å²) in [5.41, 5.74) is 0.718. The van der Waals surface area contributed by atoms with Gasteiger partial charge < -0.3 is 15.5 Å². The lowest BCUT2D eigenvalue weighted by molar-refractivity contribution is 0.129. The number of hydrogen-bond donors (Lipinski definition) is 3. The predicted octanol–water partition coefficient (Wildman–Crippen LogP) is 2.25. The molecule has 2 atom stereocenters. The molecular weight excluding hydrogens is 226 g/mol. The van der Waals surface area contributed by atoms with E-state index in [9.17, 15) is 10.2 Å². The molecule has 0 amide bonds. The molecule has 0 heterocycles. The molecule has 0 aliphatic carbocycles. The Morgan fingerprint density at radius 2 is 1.89 bits per heavy atom. The van der Waals surface area contributed by atoms with Crippen molar-refractivity contribution in [2.75, 3.05) is 13.2 Å². The van der Waals surface area contributed by atoms with Crippen molar-refractivity contribution in [3.05, 3.63) is 35.9 Å². The maximum absolute atomic E-state index is 9.56. The Hall–Kier alpha value is -0.900. The fraction of sp³-hybridized carbons (Fsp3) is 0.600. The molecule has 3 heteroatoms. The minimum absolute atomic E-state index is 0.0335. The van der Waals surface area contributed by atoms with Crippen molar-refractivity contribution in [1.29, 1.82) is 0 Å². The molecule has 0 aliphatic rings. The van der Waals surface area contributed by atoms with Crippen molar-refractivity contribution in [3.63, 3.8) is 0 Å². The van der Waals surface area contributed by atoms with Crippen LogP contribution < -0.4 is 5.32 Å². The summed E-state index contributed by atoms with van der Waals surface area (Å²) >= 11 is 0. The molecule has 1 aromatic carbocycles. The van der Waals surface area contributed by atoms with Crippen LogP contribution >= 0.6 is 0 Å². The zero-order valence-corrected chi connectivity index (χ0v) is 11.4. The molecule has 0 aliphatic heterocycles. The minimum Gasteiger partial charge on any atom is -0.394 e. The average Bonchev–Trinajstić information content (AvgIpc) is 2.43. The first kappa shape index (κ1) is 15.2. The number of aliphatic hydroxyl groups excluding tert-OH is 2. The van der Waals surface area contributed by atoms with E-state index in [0.717, 1.165) is 24.8 Å². The highest BCUT2D eigenvalue weighted by atomic mass is 16.3. The van der Waals surface area contributed by atoms with Gasteiger partial charge in [-0.2, -0.15) is 0 Å². The van der Waals surface area contributed by atoms with Crippen LogP contribution in [0.1, 0.15) is 44.7 Å². The van der Waals surface area contributed by atoms with Crippen LogP contribution in [-0.2, 0) is 0 Å². The minimum atomic E-state index is -0.334. The normalized spacial score (nSPS) is 16.2. The second-order valence-electron chi connectivity index (χ2n) is 5.11. The zero-order valence-electron chi connectivity index (χ0n) is 11.4. The Morgan fingerprint density at radius 1 is 1.22 bits per heavy atom. The summed E-state index contributed by atoms with van der Waals surface area (Å²) in [4.78, 5) is 0. The van der Waals surface area contributed by atoms with Gasteiger partial charge in [-0.05, 0) is 18.9 Å². The standard InChI is InChI=1S/C15H25NO2/c1-3-4-10-15(2,12-18)16-14(11-17)13-8-6-5-7-9-13/h5-9,14,16-18H,3-4,10-12H2,1-2H3. The van der Waals surface area contributed by atoms with E-state index in [1.54, 1.807) is 0 Å². The van der Waals surface area contributed by atoms with E-state index in [1.165, 1.54) is 0 Å². The maximum atomic E-state index is 9.56. The fourth-order valence-electron chi connectivity index (χ4n) is 2.10. The van der Waals surface area contributed by atoms with E-state index in [2.05, 4.69) is 12.2 Å². The van der Waals surface area contributed by atoms with Crippen LogP contribution in [0.25, 0.3) is 0 Å². The maximum Gasteiger partial charge on any atom is 0.0626 e. The third kappa shape index (κ3) is 4.41. The Morgan fingerprint density at radius 3 is 2.39 bits per heavy atom. The highest BCUT2D eigenvalue weighted by Gasteiger charge is 2.26. The summed E-state index contributed by atoms with van der Waals surface area (Å²) in [5.74, 6) is 0. The lowest BCUT2D eigenvalue weighted by Crippen LogP contribution is -2.48. The van der Waals surface area contributed by atoms with E-state index in [4.69, 9.17) is 0 Å². The first-order valence-corrected chi connectivity index (χ1v) is 6.69. The third-order valence-corrected chi connectivity index (χ3v) is 3.34. The van der Waals surface area contributed by atoms with E-state index >= 15 is 0 Å². The van der Waals surface area contributed by atoms with Gasteiger partial charge in [0.1, 0.15) is 0 Å². The molecule has 0 spiro atoms. The quantitative estimate of drug-likeness (QED) is 0.664. The van der Waals surface area contributed by atoms with E-state index < -0.39 is 0 Å². The number of hydrogen-bond acceptors (Lipinski definition) is 3. The van der Waals surface area contributed by atoms with Crippen LogP contribution in [0.4, 0.5) is 0 Å². The molecular formula is C15H25NO2. The molecule has 1 aromatic rings. The SMILES string of the molecule is CCCCC(C)(CO)NC(CO)c1ccccc1. The van der Waals surface area contributed by atoms with Crippen LogP contribution in [0.3, 0.4) is 0 Å². The van der Waals surface area contributed by atoms with Gasteiger partial charge in [-0.1, -0.05) is 50.1 Å². The Labute approximate surface area is 110 Å². The zero-order chi connectivity index (χ0) is 13.4. The smallest absolute Gasteiger partial charge is 0.0626 e. The number of benzene rings is 1. The predicted molar refractivity (Wildman–Crippen MR) is 74.4 cm³/mol. The number of nitrogens with one attached hydrogen (secondary N) is 1. The van der Waals surface area contributed by atoms with Gasteiger partial charge in [0.05, 0.1) is 19.3 Å². The lowest BCUT2D eigenvalue weighted by atomic mass is 9.93. The van der Waals surface area contributed by atoms with Gasteiger partial charge in [0, 0.05) is 5.54 Å². The Balaban J connectivity index is 2.71. The molecule has 0 aromatic heterocycles. The van der Waals surface area contributed by atoms with Gasteiger partial charge in [0.25, 0.3) is 0 Å². The number of aliphatic hydroxyl groups is 2. The summed E-state index contributed by atoms with van der Waals surface area (Å²) in [7, 11) is 0. The Bertz CT molecular complexity index is 329. The molecule has 0 saturated heterocycles. The third-order valence-electron chi connectivity index (χ3n) is 3.34. The van der Waals surface area contributed by atoms with Crippen molar-refractivity contribution in [1.82, 2.24) is 5.32 Å². The summed E-state index contributed by atoms with van der Waals surface area (Å²) in [6.07, 6.45) is 3.08. The van der Waals surface area contributed by atoms with Crippen molar-refractivity contribution in [2.45, 2.75) is 44.7 Å². The van der Waals surface area contributed by atoms with Gasteiger partial charge >= 0.3 is 0 Å². The first-order chi connectivity index (χ1) is 8.65. The summed E-state index contributed by atoms with van der Waals surface area (Å²) < 4.78 is 0. The van der Waals surface area contributed by atoms with Crippen LogP contribution in [0, 0.1) is 0 Å². The summed E-state index contributed by atoms with van der Waals surface area (Å²) in [5, 5.41) is 22.5.